The van der Waals surface area contributed by atoms with E-state index in [1.54, 1.807) is 11.3 Å². The number of carbonyl (C=O) groups excluding carboxylic acids is 2. The third-order valence-electron chi connectivity index (χ3n) is 6.02. The lowest BCUT2D eigenvalue weighted by atomic mass is 9.71. The molecule has 3 aliphatic rings. The standard InChI is InChI=1S/C22H27NO3S/c1-13-11-12-18(27-13)21-19(22(25)26-15-7-4-3-5-8-15)14(2)23-16-9-6-10-17(24)20(16)21/h11-12,15,20-21H,3-10H2,1-2H3/t20?,21-/m0/s1. The number of ether oxygens (including phenoxy) is 1. The molecule has 1 aromatic rings. The first-order valence-corrected chi connectivity index (χ1v) is 10.9. The molecule has 0 spiro atoms. The second kappa shape index (κ2) is 7.70. The minimum atomic E-state index is -0.297. The molecular weight excluding hydrogens is 358 g/mol. The summed E-state index contributed by atoms with van der Waals surface area (Å²) in [6.45, 7) is 3.96. The van der Waals surface area contributed by atoms with Gasteiger partial charge in [0.25, 0.3) is 0 Å². The highest BCUT2D eigenvalue weighted by molar-refractivity contribution is 7.12. The van der Waals surface area contributed by atoms with E-state index < -0.39 is 0 Å². The average Bonchev–Trinajstić information content (AvgIpc) is 3.07. The minimum Gasteiger partial charge on any atom is -0.459 e. The quantitative estimate of drug-likeness (QED) is 0.679. The lowest BCUT2D eigenvalue weighted by Crippen LogP contribution is -2.39. The highest BCUT2D eigenvalue weighted by Gasteiger charge is 2.44. The van der Waals surface area contributed by atoms with E-state index in [4.69, 9.17) is 9.73 Å². The Hall–Kier alpha value is -1.75. The monoisotopic (exact) mass is 385 g/mol. The second-order valence-electron chi connectivity index (χ2n) is 7.99. The number of allylic oxidation sites excluding steroid dienone is 1. The van der Waals surface area contributed by atoms with E-state index in [0.717, 1.165) is 54.8 Å². The normalized spacial score (nSPS) is 26.6. The summed E-state index contributed by atoms with van der Waals surface area (Å²) >= 11 is 1.67. The molecule has 1 aliphatic heterocycles. The molecule has 1 aromatic heterocycles. The molecule has 2 aliphatic carbocycles. The van der Waals surface area contributed by atoms with Crippen molar-refractivity contribution < 1.29 is 14.3 Å². The molecule has 0 aromatic carbocycles. The Morgan fingerprint density at radius 1 is 1.07 bits per heavy atom. The number of Topliss-reactive ketones (excluding diaryl/α,β-unsaturated/α-hetero) is 1. The van der Waals surface area contributed by atoms with E-state index in [-0.39, 0.29) is 29.7 Å². The number of esters is 1. The number of hydrogen-bond acceptors (Lipinski definition) is 5. The fraction of sp³-hybridized carbons (Fsp3) is 0.591. The van der Waals surface area contributed by atoms with Crippen LogP contribution in [-0.4, -0.2) is 23.6 Å². The van der Waals surface area contributed by atoms with Gasteiger partial charge in [-0.05, 0) is 64.5 Å². The van der Waals surface area contributed by atoms with Gasteiger partial charge in [-0.25, -0.2) is 4.79 Å². The van der Waals surface area contributed by atoms with E-state index >= 15 is 0 Å². The van der Waals surface area contributed by atoms with Gasteiger partial charge in [0.1, 0.15) is 11.9 Å². The molecule has 144 valence electrons. The van der Waals surface area contributed by atoms with Gasteiger partial charge in [-0.3, -0.25) is 9.79 Å². The number of thiophene rings is 1. The number of hydrogen-bond donors (Lipinski definition) is 0. The van der Waals surface area contributed by atoms with Gasteiger partial charge < -0.3 is 4.74 Å². The van der Waals surface area contributed by atoms with Crippen molar-refractivity contribution in [2.24, 2.45) is 10.9 Å². The van der Waals surface area contributed by atoms with E-state index in [9.17, 15) is 9.59 Å². The summed E-state index contributed by atoms with van der Waals surface area (Å²) in [6, 6.07) is 4.13. The van der Waals surface area contributed by atoms with E-state index in [1.807, 2.05) is 6.92 Å². The molecule has 0 saturated heterocycles. The molecule has 2 heterocycles. The summed E-state index contributed by atoms with van der Waals surface area (Å²) in [5.41, 5.74) is 2.29. The zero-order chi connectivity index (χ0) is 19.0. The van der Waals surface area contributed by atoms with Crippen molar-refractivity contribution >= 4 is 28.8 Å². The van der Waals surface area contributed by atoms with Crippen molar-refractivity contribution in [2.45, 2.75) is 77.2 Å². The van der Waals surface area contributed by atoms with Crippen LogP contribution in [0, 0.1) is 12.8 Å². The third kappa shape index (κ3) is 3.66. The molecule has 0 bridgehead atoms. The molecular formula is C22H27NO3S. The number of fused-ring (bicyclic) bond motifs is 1. The zero-order valence-electron chi connectivity index (χ0n) is 16.1. The third-order valence-corrected chi connectivity index (χ3v) is 7.10. The van der Waals surface area contributed by atoms with E-state index in [0.29, 0.717) is 12.0 Å². The molecule has 4 nitrogen and oxygen atoms in total. The highest BCUT2D eigenvalue weighted by atomic mass is 32.1. The van der Waals surface area contributed by atoms with Crippen molar-refractivity contribution in [1.29, 1.82) is 0 Å². The van der Waals surface area contributed by atoms with Crippen LogP contribution in [0.5, 0.6) is 0 Å². The van der Waals surface area contributed by atoms with Crippen LogP contribution in [-0.2, 0) is 14.3 Å². The fourth-order valence-corrected chi connectivity index (χ4v) is 5.74. The predicted molar refractivity (Wildman–Crippen MR) is 107 cm³/mol. The molecule has 27 heavy (non-hydrogen) atoms. The molecule has 0 amide bonds. The Morgan fingerprint density at radius 3 is 2.56 bits per heavy atom. The predicted octanol–water partition coefficient (Wildman–Crippen LogP) is 5.11. The van der Waals surface area contributed by atoms with Gasteiger partial charge in [0, 0.05) is 33.5 Å². The highest BCUT2D eigenvalue weighted by Crippen LogP contribution is 2.45. The summed E-state index contributed by atoms with van der Waals surface area (Å²) in [4.78, 5) is 33.0. The fourth-order valence-electron chi connectivity index (χ4n) is 4.71. The Balaban J connectivity index is 1.71. The maximum absolute atomic E-state index is 13.2. The Morgan fingerprint density at radius 2 is 1.85 bits per heavy atom. The Kier molecular flexibility index (Phi) is 5.31. The molecule has 2 saturated carbocycles. The van der Waals surface area contributed by atoms with Gasteiger partial charge in [0.2, 0.25) is 0 Å². The van der Waals surface area contributed by atoms with Crippen molar-refractivity contribution in [1.82, 2.24) is 0 Å². The van der Waals surface area contributed by atoms with Crippen LogP contribution >= 0.6 is 11.3 Å². The van der Waals surface area contributed by atoms with Crippen LogP contribution in [0.15, 0.2) is 28.4 Å². The van der Waals surface area contributed by atoms with Crippen molar-refractivity contribution in [3.8, 4) is 0 Å². The van der Waals surface area contributed by atoms with E-state index in [2.05, 4.69) is 19.1 Å². The lowest BCUT2D eigenvalue weighted by Gasteiger charge is -2.35. The molecule has 0 N–H and O–H groups in total. The summed E-state index contributed by atoms with van der Waals surface area (Å²) in [5.74, 6) is -0.586. The molecule has 4 rings (SSSR count). The number of rotatable bonds is 3. The average molecular weight is 386 g/mol. The SMILES string of the molecule is CC1=C(C(=O)OC2CCCCC2)[C@H](c2ccc(C)s2)C2C(=O)CCCC2=N1. The van der Waals surface area contributed by atoms with Gasteiger partial charge in [-0.1, -0.05) is 6.42 Å². The first-order valence-electron chi connectivity index (χ1n) is 10.1. The Labute approximate surface area is 164 Å². The van der Waals surface area contributed by atoms with E-state index in [1.165, 1.54) is 11.3 Å². The van der Waals surface area contributed by atoms with Crippen molar-refractivity contribution in [3.05, 3.63) is 33.2 Å². The maximum Gasteiger partial charge on any atom is 0.336 e. The van der Waals surface area contributed by atoms with Crippen LogP contribution in [0.1, 0.15) is 74.0 Å². The largest absolute Gasteiger partial charge is 0.459 e. The number of nitrogens with zero attached hydrogens (tertiary/aromatic N) is 1. The summed E-state index contributed by atoms with van der Waals surface area (Å²) in [6.07, 6.45) is 7.63. The van der Waals surface area contributed by atoms with Gasteiger partial charge >= 0.3 is 5.97 Å². The zero-order valence-corrected chi connectivity index (χ0v) is 16.9. The number of carbonyl (C=O) groups is 2. The van der Waals surface area contributed by atoms with Crippen LogP contribution in [0.3, 0.4) is 0 Å². The first-order chi connectivity index (χ1) is 13.0. The first kappa shape index (κ1) is 18.6. The van der Waals surface area contributed by atoms with Gasteiger partial charge in [-0.2, -0.15) is 0 Å². The molecule has 1 unspecified atom stereocenters. The number of aryl methyl sites for hydroxylation is 1. The molecule has 2 atom stereocenters. The second-order valence-corrected chi connectivity index (χ2v) is 9.31. The topological polar surface area (TPSA) is 55.7 Å². The summed E-state index contributed by atoms with van der Waals surface area (Å²) in [5, 5.41) is 0. The smallest absolute Gasteiger partial charge is 0.336 e. The van der Waals surface area contributed by atoms with Crippen LogP contribution in [0.4, 0.5) is 0 Å². The molecule has 2 fully saturated rings. The van der Waals surface area contributed by atoms with Crippen LogP contribution < -0.4 is 0 Å². The van der Waals surface area contributed by atoms with Gasteiger partial charge in [0.05, 0.1) is 11.5 Å². The molecule has 5 heteroatoms. The number of ketones is 1. The maximum atomic E-state index is 13.2. The van der Waals surface area contributed by atoms with Crippen LogP contribution in [0.2, 0.25) is 0 Å². The summed E-state index contributed by atoms with van der Waals surface area (Å²) < 4.78 is 5.90. The van der Waals surface area contributed by atoms with Gasteiger partial charge in [-0.15, -0.1) is 11.3 Å². The number of aliphatic imine (C=N–C) groups is 1. The Bertz CT molecular complexity index is 813. The lowest BCUT2D eigenvalue weighted by molar-refractivity contribution is -0.146. The van der Waals surface area contributed by atoms with Crippen molar-refractivity contribution in [3.63, 3.8) is 0 Å². The molecule has 0 radical (unpaired) electrons. The van der Waals surface area contributed by atoms with Gasteiger partial charge in [0.15, 0.2) is 0 Å². The van der Waals surface area contributed by atoms with Crippen molar-refractivity contribution in [2.75, 3.05) is 0 Å². The van der Waals surface area contributed by atoms with Crippen LogP contribution in [0.25, 0.3) is 0 Å². The summed E-state index contributed by atoms with van der Waals surface area (Å²) in [7, 11) is 0. The minimum absolute atomic E-state index is 0.00436.